The van der Waals surface area contributed by atoms with E-state index in [0.29, 0.717) is 0 Å². The zero-order valence-corrected chi connectivity index (χ0v) is 9.94. The first-order chi connectivity index (χ1) is 7.86. The Morgan fingerprint density at radius 2 is 1.88 bits per heavy atom. The van der Waals surface area contributed by atoms with E-state index in [4.69, 9.17) is 10.2 Å². The largest absolute Gasteiger partial charge is 0.478 e. The molecule has 3 N–H and O–H groups in total. The van der Waals surface area contributed by atoms with Gasteiger partial charge in [0, 0.05) is 6.04 Å². The molecule has 1 aromatic carbocycles. The molecule has 0 heterocycles. The topological polar surface area (TPSA) is 104 Å². The highest BCUT2D eigenvalue weighted by atomic mass is 32.2. The molecule has 0 aliphatic rings. The molecule has 6 nitrogen and oxygen atoms in total. The van der Waals surface area contributed by atoms with Crippen LogP contribution in [0.2, 0.25) is 0 Å². The molecule has 17 heavy (non-hydrogen) atoms. The Bertz CT molecular complexity index is 494. The number of aliphatic hydroxyl groups is 1. The summed E-state index contributed by atoms with van der Waals surface area (Å²) in [5.41, 5.74) is 0.0131. The van der Waals surface area contributed by atoms with Gasteiger partial charge in [-0.05, 0) is 31.2 Å². The minimum absolute atomic E-state index is 0.0131. The van der Waals surface area contributed by atoms with Gasteiger partial charge in [0.25, 0.3) is 0 Å². The molecule has 0 aliphatic heterocycles. The summed E-state index contributed by atoms with van der Waals surface area (Å²) < 4.78 is 25.7. The maximum Gasteiger partial charge on any atom is 0.335 e. The number of carboxylic acids is 1. The molecule has 0 amide bonds. The summed E-state index contributed by atoms with van der Waals surface area (Å²) in [5.74, 6) is -1.12. The first-order valence-corrected chi connectivity index (χ1v) is 6.31. The molecular formula is C10H13NO5S. The average molecular weight is 259 g/mol. The molecule has 7 heteroatoms. The van der Waals surface area contributed by atoms with Crippen molar-refractivity contribution >= 4 is 16.0 Å². The summed E-state index contributed by atoms with van der Waals surface area (Å²) in [6, 6.07) is 4.23. The van der Waals surface area contributed by atoms with Crippen LogP contribution >= 0.6 is 0 Å². The minimum atomic E-state index is -3.72. The van der Waals surface area contributed by atoms with Crippen molar-refractivity contribution in [2.45, 2.75) is 17.9 Å². The average Bonchev–Trinajstić information content (AvgIpc) is 2.28. The molecule has 0 spiro atoms. The second kappa shape index (κ2) is 5.26. The Morgan fingerprint density at radius 3 is 2.29 bits per heavy atom. The number of hydrogen-bond donors (Lipinski definition) is 3. The van der Waals surface area contributed by atoms with Crippen LogP contribution in [0.3, 0.4) is 0 Å². The quantitative estimate of drug-likeness (QED) is 0.693. The molecule has 0 fully saturated rings. The molecule has 0 radical (unpaired) electrons. The monoisotopic (exact) mass is 259 g/mol. The Balaban J connectivity index is 2.96. The lowest BCUT2D eigenvalue weighted by Crippen LogP contribution is -2.34. The van der Waals surface area contributed by atoms with Crippen molar-refractivity contribution in [1.82, 2.24) is 4.72 Å². The number of rotatable bonds is 5. The normalized spacial score (nSPS) is 13.3. The molecular weight excluding hydrogens is 246 g/mol. The Morgan fingerprint density at radius 1 is 1.35 bits per heavy atom. The number of aromatic carboxylic acids is 1. The molecule has 0 aliphatic carbocycles. The molecule has 0 bridgehead atoms. The second-order valence-electron chi connectivity index (χ2n) is 3.53. The molecule has 94 valence electrons. The highest BCUT2D eigenvalue weighted by molar-refractivity contribution is 7.89. The molecule has 0 saturated heterocycles. The van der Waals surface area contributed by atoms with E-state index >= 15 is 0 Å². The van der Waals surface area contributed by atoms with Gasteiger partial charge in [-0.2, -0.15) is 0 Å². The van der Waals surface area contributed by atoms with Crippen molar-refractivity contribution in [3.63, 3.8) is 0 Å². The van der Waals surface area contributed by atoms with Crippen LogP contribution in [0.15, 0.2) is 29.2 Å². The predicted octanol–water partition coefficient (Wildman–Crippen LogP) is 0.0439. The maximum absolute atomic E-state index is 11.7. The van der Waals surface area contributed by atoms with E-state index in [1.54, 1.807) is 0 Å². The van der Waals surface area contributed by atoms with Gasteiger partial charge in [0.1, 0.15) is 0 Å². The van der Waals surface area contributed by atoms with Gasteiger partial charge in [-0.25, -0.2) is 17.9 Å². The number of carbonyl (C=O) groups is 1. The van der Waals surface area contributed by atoms with Crippen molar-refractivity contribution in [3.05, 3.63) is 29.8 Å². The number of sulfonamides is 1. The van der Waals surface area contributed by atoms with Crippen LogP contribution in [0.1, 0.15) is 17.3 Å². The summed E-state index contributed by atoms with van der Waals surface area (Å²) in [7, 11) is -3.72. The fraction of sp³-hybridized carbons (Fsp3) is 0.300. The van der Waals surface area contributed by atoms with Crippen LogP contribution in [0, 0.1) is 0 Å². The third-order valence-electron chi connectivity index (χ3n) is 2.04. The molecule has 0 saturated carbocycles. The molecule has 1 rings (SSSR count). The van der Waals surface area contributed by atoms with E-state index < -0.39 is 22.0 Å². The van der Waals surface area contributed by atoms with Crippen LogP contribution in [-0.4, -0.2) is 37.2 Å². The zero-order valence-electron chi connectivity index (χ0n) is 9.12. The van der Waals surface area contributed by atoms with Crippen molar-refractivity contribution < 1.29 is 23.4 Å². The van der Waals surface area contributed by atoms with Crippen molar-refractivity contribution in [1.29, 1.82) is 0 Å². The Labute approximate surface area is 99.0 Å². The molecule has 0 aromatic heterocycles. The molecule has 1 aromatic rings. The lowest BCUT2D eigenvalue weighted by molar-refractivity contribution is 0.0696. The number of benzene rings is 1. The molecule has 1 unspecified atom stereocenters. The van der Waals surface area contributed by atoms with E-state index in [1.807, 2.05) is 0 Å². The van der Waals surface area contributed by atoms with Crippen molar-refractivity contribution in [3.8, 4) is 0 Å². The number of hydrogen-bond acceptors (Lipinski definition) is 4. The standard InChI is InChI=1S/C10H13NO5S/c1-7(6-12)11-17(15,16)9-4-2-8(3-5-9)10(13)14/h2-5,7,11-12H,6H2,1H3,(H,13,14). The smallest absolute Gasteiger partial charge is 0.335 e. The summed E-state index contributed by atoms with van der Waals surface area (Å²) in [5, 5.41) is 17.4. The summed E-state index contributed by atoms with van der Waals surface area (Å²) in [6.45, 7) is 1.20. The van der Waals surface area contributed by atoms with Crippen LogP contribution in [0.25, 0.3) is 0 Å². The third kappa shape index (κ3) is 3.52. The van der Waals surface area contributed by atoms with Gasteiger partial charge in [0.15, 0.2) is 0 Å². The Hall–Kier alpha value is -1.44. The van der Waals surface area contributed by atoms with Gasteiger partial charge in [0.2, 0.25) is 10.0 Å². The highest BCUT2D eigenvalue weighted by Gasteiger charge is 2.17. The third-order valence-corrected chi connectivity index (χ3v) is 3.65. The van der Waals surface area contributed by atoms with E-state index in [0.717, 1.165) is 0 Å². The Kier molecular flexibility index (Phi) is 4.22. The maximum atomic E-state index is 11.7. The number of nitrogens with one attached hydrogen (secondary N) is 1. The fourth-order valence-electron chi connectivity index (χ4n) is 1.15. The van der Waals surface area contributed by atoms with Crippen LogP contribution in [-0.2, 0) is 10.0 Å². The summed E-state index contributed by atoms with van der Waals surface area (Å²) >= 11 is 0. The summed E-state index contributed by atoms with van der Waals surface area (Å²) in [4.78, 5) is 10.5. The van der Waals surface area contributed by atoms with Crippen molar-refractivity contribution in [2.75, 3.05) is 6.61 Å². The van der Waals surface area contributed by atoms with Crippen molar-refractivity contribution in [2.24, 2.45) is 0 Å². The van der Waals surface area contributed by atoms with Gasteiger partial charge in [0.05, 0.1) is 17.1 Å². The zero-order chi connectivity index (χ0) is 13.1. The van der Waals surface area contributed by atoms with E-state index in [2.05, 4.69) is 4.72 Å². The van der Waals surface area contributed by atoms with Gasteiger partial charge in [-0.3, -0.25) is 0 Å². The van der Waals surface area contributed by atoms with Gasteiger partial charge in [-0.1, -0.05) is 0 Å². The first-order valence-electron chi connectivity index (χ1n) is 4.83. The van der Waals surface area contributed by atoms with E-state index in [9.17, 15) is 13.2 Å². The lowest BCUT2D eigenvalue weighted by Gasteiger charge is -2.11. The van der Waals surface area contributed by atoms with Crippen LogP contribution < -0.4 is 4.72 Å². The summed E-state index contributed by atoms with van der Waals surface area (Å²) in [6.07, 6.45) is 0. The van der Waals surface area contributed by atoms with Crippen LogP contribution in [0.4, 0.5) is 0 Å². The minimum Gasteiger partial charge on any atom is -0.478 e. The van der Waals surface area contributed by atoms with Gasteiger partial charge in [-0.15, -0.1) is 0 Å². The van der Waals surface area contributed by atoms with Gasteiger partial charge >= 0.3 is 5.97 Å². The lowest BCUT2D eigenvalue weighted by atomic mass is 10.2. The second-order valence-corrected chi connectivity index (χ2v) is 5.25. The fourth-order valence-corrected chi connectivity index (χ4v) is 2.38. The highest BCUT2D eigenvalue weighted by Crippen LogP contribution is 2.11. The van der Waals surface area contributed by atoms with Crippen LogP contribution in [0.5, 0.6) is 0 Å². The van der Waals surface area contributed by atoms with E-state index in [1.165, 1.54) is 31.2 Å². The first kappa shape index (κ1) is 13.6. The number of carboxylic acid groups (broad SMARTS) is 1. The van der Waals surface area contributed by atoms with E-state index in [-0.39, 0.29) is 17.1 Å². The molecule has 1 atom stereocenters. The SMILES string of the molecule is CC(CO)NS(=O)(=O)c1ccc(C(=O)O)cc1. The number of aliphatic hydroxyl groups excluding tert-OH is 1. The van der Waals surface area contributed by atoms with Gasteiger partial charge < -0.3 is 10.2 Å². The predicted molar refractivity (Wildman–Crippen MR) is 60.3 cm³/mol.